The molecule has 2 rings (SSSR count). The first kappa shape index (κ1) is 16.6. The molecule has 0 radical (unpaired) electrons. The molecule has 2 amide bonds. The van der Waals surface area contributed by atoms with Crippen molar-refractivity contribution in [3.05, 3.63) is 42.6 Å². The number of aliphatic hydroxyl groups is 1. The van der Waals surface area contributed by atoms with Crippen LogP contribution in [-0.4, -0.2) is 35.9 Å². The summed E-state index contributed by atoms with van der Waals surface area (Å²) in [6, 6.07) is 9.58. The first-order valence-corrected chi connectivity index (χ1v) is 7.07. The first-order chi connectivity index (χ1) is 11.1. The van der Waals surface area contributed by atoms with Gasteiger partial charge < -0.3 is 25.2 Å². The number of pyridine rings is 1. The highest BCUT2D eigenvalue weighted by Gasteiger charge is 2.11. The third-order valence-electron chi connectivity index (χ3n) is 2.94. The van der Waals surface area contributed by atoms with Crippen molar-refractivity contribution in [2.45, 2.75) is 13.0 Å². The summed E-state index contributed by atoms with van der Waals surface area (Å²) in [5, 5.41) is 14.2. The van der Waals surface area contributed by atoms with Crippen LogP contribution in [0.25, 0.3) is 0 Å². The van der Waals surface area contributed by atoms with Crippen molar-refractivity contribution in [2.24, 2.45) is 0 Å². The first-order valence-electron chi connectivity index (χ1n) is 7.07. The maximum absolute atomic E-state index is 11.8. The van der Waals surface area contributed by atoms with Crippen LogP contribution in [0.5, 0.6) is 17.4 Å². The van der Waals surface area contributed by atoms with Crippen LogP contribution in [0.1, 0.15) is 6.92 Å². The molecule has 122 valence electrons. The molecule has 0 fully saturated rings. The second-order valence-corrected chi connectivity index (χ2v) is 4.82. The van der Waals surface area contributed by atoms with E-state index >= 15 is 0 Å². The van der Waals surface area contributed by atoms with Gasteiger partial charge in [-0.3, -0.25) is 0 Å². The molecule has 1 aromatic carbocycles. The predicted molar refractivity (Wildman–Crippen MR) is 86.0 cm³/mol. The predicted octanol–water partition coefficient (Wildman–Crippen LogP) is 2.38. The van der Waals surface area contributed by atoms with Crippen LogP contribution in [0, 0.1) is 0 Å². The number of carbonyl (C=O) groups is 1. The maximum Gasteiger partial charge on any atom is 0.319 e. The summed E-state index contributed by atoms with van der Waals surface area (Å²) in [6.07, 6.45) is 1.57. The van der Waals surface area contributed by atoms with Gasteiger partial charge in [-0.25, -0.2) is 9.78 Å². The third kappa shape index (κ3) is 4.86. The second kappa shape index (κ2) is 8.00. The normalized spacial score (nSPS) is 11.4. The number of methoxy groups -OCH3 is 1. The molecular formula is C16H19N3O4. The van der Waals surface area contributed by atoms with Crippen molar-refractivity contribution in [1.29, 1.82) is 0 Å². The van der Waals surface area contributed by atoms with Crippen molar-refractivity contribution in [1.82, 2.24) is 10.3 Å². The number of nitrogens with zero attached hydrogens (tertiary/aromatic N) is 1. The highest BCUT2D eigenvalue weighted by molar-refractivity contribution is 5.90. The second-order valence-electron chi connectivity index (χ2n) is 4.82. The number of urea groups is 1. The standard InChI is InChI=1S/C16H19N3O4/c1-11(10-20)18-16(21)19-14-4-3-9-17-15(14)23-13-7-5-12(22-2)6-8-13/h3-9,11,20H,10H2,1-2H3,(H2,18,19,21). The third-order valence-corrected chi connectivity index (χ3v) is 2.94. The van der Waals surface area contributed by atoms with Gasteiger partial charge in [-0.15, -0.1) is 0 Å². The highest BCUT2D eigenvalue weighted by atomic mass is 16.5. The molecule has 1 unspecified atom stereocenters. The van der Waals surface area contributed by atoms with E-state index in [0.29, 0.717) is 17.2 Å². The summed E-state index contributed by atoms with van der Waals surface area (Å²) in [4.78, 5) is 16.0. The minimum absolute atomic E-state index is 0.143. The van der Waals surface area contributed by atoms with Crippen LogP contribution in [0.4, 0.5) is 10.5 Å². The fourth-order valence-electron chi connectivity index (χ4n) is 1.75. The minimum Gasteiger partial charge on any atom is -0.497 e. The van der Waals surface area contributed by atoms with E-state index < -0.39 is 6.03 Å². The molecule has 0 aliphatic heterocycles. The Morgan fingerprint density at radius 2 is 1.96 bits per heavy atom. The fraction of sp³-hybridized carbons (Fsp3) is 0.250. The van der Waals surface area contributed by atoms with Crippen LogP contribution >= 0.6 is 0 Å². The molecule has 1 heterocycles. The van der Waals surface area contributed by atoms with Gasteiger partial charge in [-0.2, -0.15) is 0 Å². The Hall–Kier alpha value is -2.80. The van der Waals surface area contributed by atoms with E-state index in [1.54, 1.807) is 56.6 Å². The molecule has 0 saturated carbocycles. The number of benzene rings is 1. The van der Waals surface area contributed by atoms with E-state index in [1.807, 2.05) is 0 Å². The van der Waals surface area contributed by atoms with E-state index in [4.69, 9.17) is 14.6 Å². The number of aromatic nitrogens is 1. The van der Waals surface area contributed by atoms with Crippen LogP contribution < -0.4 is 20.1 Å². The van der Waals surface area contributed by atoms with Gasteiger partial charge in [0.25, 0.3) is 0 Å². The van der Waals surface area contributed by atoms with Crippen LogP contribution in [0.15, 0.2) is 42.6 Å². The van der Waals surface area contributed by atoms with Crippen molar-refractivity contribution >= 4 is 11.7 Å². The summed E-state index contributed by atoms with van der Waals surface area (Å²) in [6.45, 7) is 1.55. The lowest BCUT2D eigenvalue weighted by Crippen LogP contribution is -2.38. The largest absolute Gasteiger partial charge is 0.497 e. The zero-order valence-electron chi connectivity index (χ0n) is 12.9. The molecule has 0 aliphatic rings. The lowest BCUT2D eigenvalue weighted by molar-refractivity contribution is 0.229. The van der Waals surface area contributed by atoms with Crippen LogP contribution in [0.2, 0.25) is 0 Å². The van der Waals surface area contributed by atoms with Gasteiger partial charge in [-0.05, 0) is 43.3 Å². The maximum atomic E-state index is 11.8. The van der Waals surface area contributed by atoms with E-state index in [9.17, 15) is 4.79 Å². The molecule has 0 bridgehead atoms. The molecule has 0 saturated heterocycles. The van der Waals surface area contributed by atoms with Crippen LogP contribution in [0.3, 0.4) is 0 Å². The molecular weight excluding hydrogens is 298 g/mol. The number of hydrogen-bond donors (Lipinski definition) is 3. The van der Waals surface area contributed by atoms with E-state index in [-0.39, 0.29) is 18.5 Å². The number of amides is 2. The summed E-state index contributed by atoms with van der Waals surface area (Å²) < 4.78 is 10.8. The SMILES string of the molecule is COc1ccc(Oc2ncccc2NC(=O)NC(C)CO)cc1. The Kier molecular flexibility index (Phi) is 5.76. The molecule has 0 spiro atoms. The zero-order chi connectivity index (χ0) is 16.7. The topological polar surface area (TPSA) is 92.7 Å². The molecule has 7 nitrogen and oxygen atoms in total. The number of ether oxygens (including phenoxy) is 2. The summed E-state index contributed by atoms with van der Waals surface area (Å²) >= 11 is 0. The molecule has 7 heteroatoms. The van der Waals surface area contributed by atoms with Crippen molar-refractivity contribution in [3.8, 4) is 17.4 Å². The van der Waals surface area contributed by atoms with E-state index in [1.165, 1.54) is 0 Å². The van der Waals surface area contributed by atoms with Gasteiger partial charge in [0.15, 0.2) is 0 Å². The Morgan fingerprint density at radius 3 is 2.61 bits per heavy atom. The molecule has 2 aromatic rings. The molecule has 23 heavy (non-hydrogen) atoms. The van der Waals surface area contributed by atoms with Gasteiger partial charge in [0.2, 0.25) is 5.88 Å². The quantitative estimate of drug-likeness (QED) is 0.760. The fourth-order valence-corrected chi connectivity index (χ4v) is 1.75. The Labute approximate surface area is 134 Å². The van der Waals surface area contributed by atoms with Crippen molar-refractivity contribution in [3.63, 3.8) is 0 Å². The minimum atomic E-state index is -0.445. The number of carbonyl (C=O) groups excluding carboxylic acids is 1. The van der Waals surface area contributed by atoms with Gasteiger partial charge in [0.05, 0.1) is 19.8 Å². The van der Waals surface area contributed by atoms with Gasteiger partial charge in [-0.1, -0.05) is 0 Å². The number of hydrogen-bond acceptors (Lipinski definition) is 5. The Bertz CT molecular complexity index is 646. The number of rotatable bonds is 6. The van der Waals surface area contributed by atoms with E-state index in [2.05, 4.69) is 15.6 Å². The Balaban J connectivity index is 2.08. The molecule has 1 atom stereocenters. The number of aliphatic hydroxyl groups excluding tert-OH is 1. The summed E-state index contributed by atoms with van der Waals surface area (Å²) in [7, 11) is 1.59. The smallest absolute Gasteiger partial charge is 0.319 e. The lowest BCUT2D eigenvalue weighted by atomic mass is 10.3. The van der Waals surface area contributed by atoms with Crippen molar-refractivity contribution < 1.29 is 19.4 Å². The Morgan fingerprint density at radius 1 is 1.26 bits per heavy atom. The average molecular weight is 317 g/mol. The summed E-state index contributed by atoms with van der Waals surface area (Å²) in [5.41, 5.74) is 0.422. The summed E-state index contributed by atoms with van der Waals surface area (Å²) in [5.74, 6) is 1.55. The average Bonchev–Trinajstić information content (AvgIpc) is 2.57. The van der Waals surface area contributed by atoms with Crippen LogP contribution in [-0.2, 0) is 0 Å². The zero-order valence-corrected chi connectivity index (χ0v) is 12.9. The van der Waals surface area contributed by atoms with Gasteiger partial charge >= 0.3 is 6.03 Å². The molecule has 3 N–H and O–H groups in total. The van der Waals surface area contributed by atoms with Crippen molar-refractivity contribution in [2.75, 3.05) is 19.0 Å². The number of anilines is 1. The molecule has 0 aliphatic carbocycles. The number of nitrogens with one attached hydrogen (secondary N) is 2. The lowest BCUT2D eigenvalue weighted by Gasteiger charge is -2.14. The van der Waals surface area contributed by atoms with E-state index in [0.717, 1.165) is 0 Å². The van der Waals surface area contributed by atoms with Gasteiger partial charge in [0.1, 0.15) is 17.2 Å². The highest BCUT2D eigenvalue weighted by Crippen LogP contribution is 2.27. The monoisotopic (exact) mass is 317 g/mol. The van der Waals surface area contributed by atoms with Gasteiger partial charge in [0, 0.05) is 6.20 Å². The molecule has 1 aromatic heterocycles.